The monoisotopic (exact) mass is 847 g/mol. The van der Waals surface area contributed by atoms with Crippen LogP contribution in [-0.4, -0.2) is 61.6 Å². The first kappa shape index (κ1) is 56.4. The minimum atomic E-state index is -0.0169. The standard InChI is InChI=1S/C53H102N2O5/c1-5-9-13-15-19-25-34-50(35-26-20-16-14-10-6-2)60-53(58)37-28-22-18-24-30-45-55(46-31-43-54-51(56)41-40-49-38-39-49)44-29-23-17-21-27-36-52(57)59-47-42-48(32-11-7-3)33-12-8-4/h48-50H,5-47H2,1-4H3,(H,54,56). The number of carbonyl (C=O) groups is 3. The molecule has 0 spiro atoms. The van der Waals surface area contributed by atoms with Crippen LogP contribution in [0.3, 0.4) is 0 Å². The number of amides is 1. The highest BCUT2D eigenvalue weighted by atomic mass is 16.5. The molecule has 7 nitrogen and oxygen atoms in total. The molecule has 1 N–H and O–H groups in total. The number of rotatable bonds is 47. The van der Waals surface area contributed by atoms with Gasteiger partial charge in [-0.2, -0.15) is 0 Å². The highest BCUT2D eigenvalue weighted by Gasteiger charge is 2.21. The number of hydrogen-bond donors (Lipinski definition) is 1. The molecule has 0 radical (unpaired) electrons. The fourth-order valence-electron chi connectivity index (χ4n) is 8.61. The van der Waals surface area contributed by atoms with Crippen LogP contribution in [0.1, 0.15) is 272 Å². The Bertz CT molecular complexity index is 947. The second-order valence-electron chi connectivity index (χ2n) is 18.9. The number of hydrogen-bond acceptors (Lipinski definition) is 6. The Labute approximate surface area is 373 Å². The van der Waals surface area contributed by atoms with Crippen LogP contribution in [0, 0.1) is 11.8 Å². The van der Waals surface area contributed by atoms with Gasteiger partial charge in [-0.25, -0.2) is 0 Å². The van der Waals surface area contributed by atoms with Crippen LogP contribution in [0.25, 0.3) is 0 Å². The van der Waals surface area contributed by atoms with Gasteiger partial charge in [0.15, 0.2) is 0 Å². The van der Waals surface area contributed by atoms with Crippen LogP contribution < -0.4 is 5.32 Å². The minimum absolute atomic E-state index is 0.0169. The molecule has 60 heavy (non-hydrogen) atoms. The maximum absolute atomic E-state index is 12.9. The molecule has 0 aromatic carbocycles. The lowest BCUT2D eigenvalue weighted by Crippen LogP contribution is -2.31. The van der Waals surface area contributed by atoms with Gasteiger partial charge in [0.25, 0.3) is 0 Å². The zero-order chi connectivity index (χ0) is 43.6. The molecule has 1 rings (SSSR count). The van der Waals surface area contributed by atoms with Crippen molar-refractivity contribution in [2.75, 3.05) is 32.8 Å². The summed E-state index contributed by atoms with van der Waals surface area (Å²) in [6.45, 7) is 13.6. The third-order valence-electron chi connectivity index (χ3n) is 12.9. The first-order chi connectivity index (χ1) is 29.4. The fraction of sp³-hybridized carbons (Fsp3) is 0.943. The van der Waals surface area contributed by atoms with Gasteiger partial charge < -0.3 is 19.7 Å². The summed E-state index contributed by atoms with van der Waals surface area (Å²) >= 11 is 0. The van der Waals surface area contributed by atoms with E-state index in [2.05, 4.69) is 37.9 Å². The number of nitrogens with one attached hydrogen (secondary N) is 1. The molecule has 0 aromatic heterocycles. The van der Waals surface area contributed by atoms with Crippen LogP contribution in [0.4, 0.5) is 0 Å². The van der Waals surface area contributed by atoms with Gasteiger partial charge in [0.1, 0.15) is 6.10 Å². The zero-order valence-corrected chi connectivity index (χ0v) is 40.6. The smallest absolute Gasteiger partial charge is 0.306 e. The number of esters is 2. The summed E-state index contributed by atoms with van der Waals surface area (Å²) < 4.78 is 11.7. The molecule has 0 saturated heterocycles. The third kappa shape index (κ3) is 38.1. The minimum Gasteiger partial charge on any atom is -0.466 e. The third-order valence-corrected chi connectivity index (χ3v) is 12.9. The maximum atomic E-state index is 12.9. The molecule has 0 aromatic rings. The first-order valence-corrected chi connectivity index (χ1v) is 26.8. The van der Waals surface area contributed by atoms with Crippen molar-refractivity contribution in [3.63, 3.8) is 0 Å². The molecule has 1 aliphatic carbocycles. The Morgan fingerprint density at radius 2 is 0.967 bits per heavy atom. The van der Waals surface area contributed by atoms with E-state index in [9.17, 15) is 14.4 Å². The van der Waals surface area contributed by atoms with E-state index in [-0.39, 0.29) is 23.9 Å². The van der Waals surface area contributed by atoms with E-state index < -0.39 is 0 Å². The van der Waals surface area contributed by atoms with E-state index in [1.54, 1.807) is 0 Å². The second-order valence-corrected chi connectivity index (χ2v) is 18.9. The average molecular weight is 847 g/mol. The number of carbonyl (C=O) groups excluding carboxylic acids is 3. The molecular weight excluding hydrogens is 745 g/mol. The molecule has 0 aliphatic heterocycles. The highest BCUT2D eigenvalue weighted by molar-refractivity contribution is 5.75. The normalized spacial score (nSPS) is 12.8. The van der Waals surface area contributed by atoms with Gasteiger partial charge in [-0.3, -0.25) is 14.4 Å². The van der Waals surface area contributed by atoms with E-state index in [0.29, 0.717) is 31.8 Å². The Morgan fingerprint density at radius 1 is 0.500 bits per heavy atom. The van der Waals surface area contributed by atoms with Gasteiger partial charge in [0, 0.05) is 25.8 Å². The number of ether oxygens (including phenoxy) is 2. The molecule has 1 aliphatic rings. The van der Waals surface area contributed by atoms with Crippen molar-refractivity contribution in [2.45, 2.75) is 278 Å². The van der Waals surface area contributed by atoms with Crippen LogP contribution in [0.5, 0.6) is 0 Å². The van der Waals surface area contributed by atoms with Gasteiger partial charge in [0.05, 0.1) is 6.61 Å². The van der Waals surface area contributed by atoms with E-state index >= 15 is 0 Å². The van der Waals surface area contributed by atoms with Crippen molar-refractivity contribution in [1.29, 1.82) is 0 Å². The lowest BCUT2D eigenvalue weighted by Gasteiger charge is -2.22. The van der Waals surface area contributed by atoms with Crippen LogP contribution in [0.2, 0.25) is 0 Å². The largest absolute Gasteiger partial charge is 0.466 e. The second kappa shape index (κ2) is 42.7. The number of unbranched alkanes of at least 4 members (excludes halogenated alkanes) is 20. The van der Waals surface area contributed by atoms with Crippen LogP contribution in [0.15, 0.2) is 0 Å². The van der Waals surface area contributed by atoms with Crippen molar-refractivity contribution < 1.29 is 23.9 Å². The highest BCUT2D eigenvalue weighted by Crippen LogP contribution is 2.33. The Hall–Kier alpha value is -1.63. The van der Waals surface area contributed by atoms with Crippen molar-refractivity contribution in [2.24, 2.45) is 11.8 Å². The van der Waals surface area contributed by atoms with Crippen molar-refractivity contribution >= 4 is 17.8 Å². The van der Waals surface area contributed by atoms with Gasteiger partial charge in [0.2, 0.25) is 5.91 Å². The van der Waals surface area contributed by atoms with Gasteiger partial charge in [-0.05, 0) is 102 Å². The maximum Gasteiger partial charge on any atom is 0.306 e. The SMILES string of the molecule is CCCCCCCCC(CCCCCCCC)OC(=O)CCCCCCCN(CCCCCCCC(=O)OCCC(CCCC)CCCC)CCCNC(=O)CCC1CC1. The molecule has 1 fully saturated rings. The Balaban J connectivity index is 2.34. The van der Waals surface area contributed by atoms with E-state index in [4.69, 9.17) is 9.47 Å². The predicted molar refractivity (Wildman–Crippen MR) is 255 cm³/mol. The molecule has 0 atom stereocenters. The first-order valence-electron chi connectivity index (χ1n) is 26.8. The summed E-state index contributed by atoms with van der Waals surface area (Å²) in [4.78, 5) is 40.1. The molecule has 0 bridgehead atoms. The zero-order valence-electron chi connectivity index (χ0n) is 40.6. The Kier molecular flexibility index (Phi) is 40.1. The summed E-state index contributed by atoms with van der Waals surface area (Å²) in [6, 6.07) is 0. The van der Waals surface area contributed by atoms with Gasteiger partial charge in [-0.15, -0.1) is 0 Å². The molecule has 1 amide bonds. The molecule has 0 heterocycles. The number of nitrogens with zero attached hydrogens (tertiary/aromatic N) is 1. The van der Waals surface area contributed by atoms with Gasteiger partial charge >= 0.3 is 11.9 Å². The van der Waals surface area contributed by atoms with Crippen LogP contribution in [-0.2, 0) is 23.9 Å². The predicted octanol–water partition coefficient (Wildman–Crippen LogP) is 15.0. The summed E-state index contributed by atoms with van der Waals surface area (Å²) in [7, 11) is 0. The lowest BCUT2D eigenvalue weighted by atomic mass is 9.93. The summed E-state index contributed by atoms with van der Waals surface area (Å²) in [5.41, 5.74) is 0. The summed E-state index contributed by atoms with van der Waals surface area (Å²) in [5, 5.41) is 3.16. The quantitative estimate of drug-likeness (QED) is 0.0485. The molecule has 1 saturated carbocycles. The van der Waals surface area contributed by atoms with Crippen LogP contribution >= 0.6 is 0 Å². The van der Waals surface area contributed by atoms with E-state index in [0.717, 1.165) is 103 Å². The van der Waals surface area contributed by atoms with E-state index in [1.807, 2.05) is 0 Å². The Morgan fingerprint density at radius 3 is 1.50 bits per heavy atom. The van der Waals surface area contributed by atoms with Crippen molar-refractivity contribution in [1.82, 2.24) is 10.2 Å². The summed E-state index contributed by atoms with van der Waals surface area (Å²) in [6.07, 6.45) is 43.7. The van der Waals surface area contributed by atoms with E-state index in [1.165, 1.54) is 154 Å². The van der Waals surface area contributed by atoms with Crippen molar-refractivity contribution in [3.8, 4) is 0 Å². The van der Waals surface area contributed by atoms with Gasteiger partial charge in [-0.1, -0.05) is 182 Å². The summed E-state index contributed by atoms with van der Waals surface area (Å²) in [5.74, 6) is 1.72. The average Bonchev–Trinajstić information content (AvgIpc) is 4.08. The molecule has 354 valence electrons. The molecule has 0 unspecified atom stereocenters. The lowest BCUT2D eigenvalue weighted by molar-refractivity contribution is -0.150. The molecular formula is C53H102N2O5. The van der Waals surface area contributed by atoms with Crippen molar-refractivity contribution in [3.05, 3.63) is 0 Å². The topological polar surface area (TPSA) is 84.9 Å². The fourth-order valence-corrected chi connectivity index (χ4v) is 8.61. The molecule has 7 heteroatoms.